The lowest BCUT2D eigenvalue weighted by atomic mass is 9.74. The molecular formula is C49H63N3O6SSi. The highest BCUT2D eigenvalue weighted by Crippen LogP contribution is 2.43. The van der Waals surface area contributed by atoms with Gasteiger partial charge in [0.25, 0.3) is 0 Å². The van der Waals surface area contributed by atoms with Gasteiger partial charge in [-0.1, -0.05) is 75.4 Å². The van der Waals surface area contributed by atoms with Gasteiger partial charge in [-0.15, -0.1) is 11.3 Å². The van der Waals surface area contributed by atoms with Crippen molar-refractivity contribution in [3.8, 4) is 21.9 Å². The molecule has 60 heavy (non-hydrogen) atoms. The largest absolute Gasteiger partial charge is 0.496 e. The number of likely N-dealkylation sites (tertiary alicyclic amines) is 1. The Morgan fingerprint density at radius 2 is 1.58 bits per heavy atom. The van der Waals surface area contributed by atoms with Crippen LogP contribution in [0.3, 0.4) is 0 Å². The molecule has 1 aromatic heterocycles. The van der Waals surface area contributed by atoms with Gasteiger partial charge in [0.1, 0.15) is 35.3 Å². The van der Waals surface area contributed by atoms with Crippen LogP contribution in [0.2, 0.25) is 13.1 Å². The smallest absolute Gasteiger partial charge is 0.314 e. The molecule has 2 atom stereocenters. The fraction of sp³-hybridized carbons (Fsp3) is 0.429. The van der Waals surface area contributed by atoms with E-state index in [9.17, 15) is 9.59 Å². The van der Waals surface area contributed by atoms with Gasteiger partial charge in [0.2, 0.25) is 5.91 Å². The molecule has 1 fully saturated rings. The lowest BCUT2D eigenvalue weighted by Gasteiger charge is -2.47. The van der Waals surface area contributed by atoms with Gasteiger partial charge in [-0.05, 0) is 130 Å². The Hall–Kier alpha value is -4.52. The predicted octanol–water partition coefficient (Wildman–Crippen LogP) is 10.3. The average molecular weight is 850 g/mol. The summed E-state index contributed by atoms with van der Waals surface area (Å²) in [6.07, 6.45) is 3.01. The van der Waals surface area contributed by atoms with Gasteiger partial charge < -0.3 is 29.7 Å². The number of hydrogen-bond acceptors (Lipinski definition) is 9. The first-order valence-corrected chi connectivity index (χ1v) is 24.7. The molecule has 2 heterocycles. The first-order chi connectivity index (χ1) is 28.4. The van der Waals surface area contributed by atoms with Crippen LogP contribution in [0.15, 0.2) is 91.0 Å². The highest BCUT2D eigenvalue weighted by molar-refractivity contribution is 7.22. The third kappa shape index (κ3) is 11.2. The van der Waals surface area contributed by atoms with Crippen molar-refractivity contribution in [3.63, 3.8) is 0 Å². The van der Waals surface area contributed by atoms with Crippen molar-refractivity contribution in [2.24, 2.45) is 17.1 Å². The molecule has 3 N–H and O–H groups in total. The predicted molar refractivity (Wildman–Crippen MR) is 247 cm³/mol. The number of benzene rings is 4. The van der Waals surface area contributed by atoms with Crippen LogP contribution in [0.5, 0.6) is 11.5 Å². The van der Waals surface area contributed by atoms with Crippen LogP contribution in [-0.2, 0) is 38.3 Å². The fourth-order valence-electron chi connectivity index (χ4n) is 7.84. The quantitative estimate of drug-likeness (QED) is 0.0574. The molecule has 11 heteroatoms. The number of amides is 1. The van der Waals surface area contributed by atoms with Crippen molar-refractivity contribution in [2.45, 2.75) is 105 Å². The number of nitrogens with two attached hydrogens (primary N) is 1. The van der Waals surface area contributed by atoms with Crippen LogP contribution >= 0.6 is 11.3 Å². The molecule has 1 saturated heterocycles. The maximum absolute atomic E-state index is 13.8. The van der Waals surface area contributed by atoms with Gasteiger partial charge in [0, 0.05) is 39.2 Å². The van der Waals surface area contributed by atoms with E-state index in [1.54, 1.807) is 39.2 Å². The Balaban J connectivity index is 1.28. The number of ether oxygens (including phenoxy) is 3. The second-order valence-corrected chi connectivity index (χ2v) is 21.7. The molecule has 0 radical (unpaired) electrons. The lowest BCUT2D eigenvalue weighted by Crippen LogP contribution is -2.63. The molecule has 9 nitrogen and oxygen atoms in total. The van der Waals surface area contributed by atoms with E-state index in [1.807, 2.05) is 76.3 Å². The topological polar surface area (TPSA) is 112 Å². The molecule has 0 spiro atoms. The number of esters is 1. The van der Waals surface area contributed by atoms with Gasteiger partial charge in [-0.25, -0.2) is 0 Å². The van der Waals surface area contributed by atoms with Crippen molar-refractivity contribution in [1.29, 1.82) is 0 Å². The highest BCUT2D eigenvalue weighted by atomic mass is 32.1. The number of methoxy groups -OCH3 is 1. The number of rotatable bonds is 16. The Kier molecular flexibility index (Phi) is 14.3. The number of nitrogens with one attached hydrogen (secondary N) is 1. The molecule has 4 aromatic carbocycles. The minimum atomic E-state index is -1.75. The Labute approximate surface area is 362 Å². The first-order valence-electron chi connectivity index (χ1n) is 21.1. The summed E-state index contributed by atoms with van der Waals surface area (Å²) in [7, 11) is 0.00931. The number of fused-ring (bicyclic) bond motifs is 1. The van der Waals surface area contributed by atoms with Crippen LogP contribution in [0.1, 0.15) is 83.1 Å². The minimum Gasteiger partial charge on any atom is -0.496 e. The van der Waals surface area contributed by atoms with Crippen LogP contribution < -0.4 is 20.5 Å². The second kappa shape index (κ2) is 19.0. The molecule has 1 aliphatic heterocycles. The zero-order valence-corrected chi connectivity index (χ0v) is 38.8. The second-order valence-electron chi connectivity index (χ2n) is 18.3. The summed E-state index contributed by atoms with van der Waals surface area (Å²) in [6, 6.07) is 31.1. The number of carbonyl (C=O) groups excluding carboxylic acids is 2. The van der Waals surface area contributed by atoms with Gasteiger partial charge in [-0.3, -0.25) is 14.5 Å². The van der Waals surface area contributed by atoms with Crippen molar-refractivity contribution < 1.29 is 28.2 Å². The molecule has 5 aromatic rings. The molecule has 0 aliphatic carbocycles. The maximum Gasteiger partial charge on any atom is 0.314 e. The number of anilines is 1. The number of nitrogens with zero attached hydrogens (tertiary/aromatic N) is 1. The summed E-state index contributed by atoms with van der Waals surface area (Å²) in [4.78, 5) is 31.2. The van der Waals surface area contributed by atoms with Gasteiger partial charge in [0.15, 0.2) is 9.04 Å². The van der Waals surface area contributed by atoms with E-state index < -0.39 is 37.7 Å². The Morgan fingerprint density at radius 3 is 2.22 bits per heavy atom. The zero-order valence-electron chi connectivity index (χ0n) is 36.9. The number of hydrogen-bond donors (Lipinski definition) is 2. The van der Waals surface area contributed by atoms with Gasteiger partial charge in [0.05, 0.1) is 7.11 Å². The van der Waals surface area contributed by atoms with Gasteiger partial charge in [-0.2, -0.15) is 0 Å². The van der Waals surface area contributed by atoms with E-state index in [1.165, 1.54) is 34.9 Å². The molecule has 320 valence electrons. The summed E-state index contributed by atoms with van der Waals surface area (Å²) < 4.78 is 25.5. The summed E-state index contributed by atoms with van der Waals surface area (Å²) >= 11 is 1.73. The highest BCUT2D eigenvalue weighted by Gasteiger charge is 2.52. The Bertz CT molecular complexity index is 2240. The summed E-state index contributed by atoms with van der Waals surface area (Å²) in [5, 5.41) is 4.20. The van der Waals surface area contributed by atoms with E-state index in [0.717, 1.165) is 51.8 Å². The molecule has 1 amide bonds. The van der Waals surface area contributed by atoms with Crippen molar-refractivity contribution in [1.82, 2.24) is 4.90 Å². The third-order valence-electron chi connectivity index (χ3n) is 11.0. The molecule has 1 aliphatic rings. The number of carbonyl (C=O) groups is 2. The normalized spacial score (nSPS) is 15.2. The van der Waals surface area contributed by atoms with E-state index >= 15 is 0 Å². The lowest BCUT2D eigenvalue weighted by molar-refractivity contribution is -0.177. The van der Waals surface area contributed by atoms with Crippen molar-refractivity contribution in [3.05, 3.63) is 113 Å². The summed E-state index contributed by atoms with van der Waals surface area (Å²) in [5.74, 6) is -0.195. The van der Waals surface area contributed by atoms with Crippen molar-refractivity contribution >= 4 is 48.0 Å². The fourth-order valence-corrected chi connectivity index (χ4v) is 10.4. The van der Waals surface area contributed by atoms with Crippen LogP contribution in [0.4, 0.5) is 5.69 Å². The van der Waals surface area contributed by atoms with Crippen LogP contribution in [0, 0.1) is 11.3 Å². The molecule has 1 unspecified atom stereocenters. The number of thiophene rings is 1. The average Bonchev–Trinajstić information content (AvgIpc) is 3.83. The molecule has 0 saturated carbocycles. The zero-order chi connectivity index (χ0) is 43.2. The monoisotopic (exact) mass is 849 g/mol. The van der Waals surface area contributed by atoms with Crippen LogP contribution in [-0.4, -0.2) is 57.3 Å². The standard InChI is InChI=1S/C49H63N3O6SSi/c1-47(2,3)49(50,58-60(8)9)41(46(54)57-48(4,5)6)30-44(53)51-37-21-19-35(20-22-37)45-40(27-34-17-18-36(42(28-34)55-7)31-52-25-13-14-26-52)39-24-23-38(29-43(39)59-45)56-32-33-15-11-10-12-16-33/h10-12,15-24,28-29,41,60H,13-14,25-27,30-32,50H2,1-9H3,(H,51,53)/t41-,49?/m0/s1. The Morgan fingerprint density at radius 1 is 0.883 bits per heavy atom. The van der Waals surface area contributed by atoms with Crippen LogP contribution in [0.25, 0.3) is 20.5 Å². The van der Waals surface area contributed by atoms with Crippen molar-refractivity contribution in [2.75, 3.05) is 25.5 Å². The van der Waals surface area contributed by atoms with E-state index in [4.69, 9.17) is 24.4 Å². The summed E-state index contributed by atoms with van der Waals surface area (Å²) in [5.41, 5.74) is 10.5. The van der Waals surface area contributed by atoms with E-state index in [0.29, 0.717) is 18.7 Å². The SMILES string of the molecule is COc1cc(Cc2c(-c3ccc(NC(=O)C[C@@H](C(=O)OC(C)(C)C)C(N)(O[SiH](C)C)C(C)(C)C)cc3)sc3cc(OCc4ccccc4)ccc23)ccc1CN1CCCC1. The van der Waals surface area contributed by atoms with E-state index in [-0.39, 0.29) is 12.3 Å². The third-order valence-corrected chi connectivity index (χ3v) is 13.1. The molecule has 6 rings (SSSR count). The first kappa shape index (κ1) is 45.0. The van der Waals surface area contributed by atoms with E-state index in [2.05, 4.69) is 58.7 Å². The molecule has 0 bridgehead atoms. The maximum atomic E-state index is 13.8. The molecular weight excluding hydrogens is 787 g/mol. The van der Waals surface area contributed by atoms with Gasteiger partial charge >= 0.3 is 5.97 Å². The summed E-state index contributed by atoms with van der Waals surface area (Å²) in [6.45, 7) is 18.9. The minimum absolute atomic E-state index is 0.193.